The second-order valence-corrected chi connectivity index (χ2v) is 6.93. The third-order valence-corrected chi connectivity index (χ3v) is 4.93. The van der Waals surface area contributed by atoms with Crippen molar-refractivity contribution in [3.63, 3.8) is 0 Å². The SMILES string of the molecule is COC(=O)Cn1c(=NC(=O)c2c(F)cccc2F)sc2cc(NC(C)=O)ccc21. The van der Waals surface area contributed by atoms with Crippen LogP contribution in [-0.2, 0) is 20.9 Å². The number of methoxy groups -OCH3 is 1. The highest BCUT2D eigenvalue weighted by Gasteiger charge is 2.18. The van der Waals surface area contributed by atoms with Crippen molar-refractivity contribution in [3.05, 3.63) is 58.4 Å². The van der Waals surface area contributed by atoms with Gasteiger partial charge in [0.25, 0.3) is 5.91 Å². The first-order valence-electron chi connectivity index (χ1n) is 8.31. The first kappa shape index (κ1) is 20.3. The number of nitrogens with zero attached hydrogens (tertiary/aromatic N) is 2. The molecule has 0 aliphatic rings. The Kier molecular flexibility index (Phi) is 5.83. The molecule has 3 aromatic rings. The van der Waals surface area contributed by atoms with E-state index in [-0.39, 0.29) is 17.3 Å². The Labute approximate surface area is 167 Å². The number of nitrogens with one attached hydrogen (secondary N) is 1. The molecule has 1 heterocycles. The van der Waals surface area contributed by atoms with Gasteiger partial charge in [0, 0.05) is 12.6 Å². The fraction of sp³-hybridized carbons (Fsp3) is 0.158. The van der Waals surface area contributed by atoms with Gasteiger partial charge < -0.3 is 14.6 Å². The normalized spacial score (nSPS) is 11.5. The molecule has 0 radical (unpaired) electrons. The summed E-state index contributed by atoms with van der Waals surface area (Å²) in [5, 5.41) is 2.63. The summed E-state index contributed by atoms with van der Waals surface area (Å²) in [7, 11) is 1.21. The summed E-state index contributed by atoms with van der Waals surface area (Å²) >= 11 is 1.02. The van der Waals surface area contributed by atoms with Crippen molar-refractivity contribution in [2.24, 2.45) is 4.99 Å². The van der Waals surface area contributed by atoms with E-state index in [0.717, 1.165) is 29.5 Å². The fourth-order valence-corrected chi connectivity index (χ4v) is 3.70. The number of amides is 2. The summed E-state index contributed by atoms with van der Waals surface area (Å²) in [5.74, 6) is -4.05. The molecule has 150 valence electrons. The van der Waals surface area contributed by atoms with Crippen molar-refractivity contribution in [1.29, 1.82) is 0 Å². The van der Waals surface area contributed by atoms with E-state index in [1.165, 1.54) is 18.6 Å². The highest BCUT2D eigenvalue weighted by Crippen LogP contribution is 2.22. The lowest BCUT2D eigenvalue weighted by Gasteiger charge is -2.05. The number of anilines is 1. The third-order valence-electron chi connectivity index (χ3n) is 3.89. The second-order valence-electron chi connectivity index (χ2n) is 5.92. The van der Waals surface area contributed by atoms with E-state index >= 15 is 0 Å². The Morgan fingerprint density at radius 2 is 1.86 bits per heavy atom. The number of esters is 1. The predicted octanol–water partition coefficient (Wildman–Crippen LogP) is 2.85. The molecule has 0 aliphatic heterocycles. The van der Waals surface area contributed by atoms with Gasteiger partial charge in [-0.2, -0.15) is 4.99 Å². The maximum atomic E-state index is 13.9. The predicted molar refractivity (Wildman–Crippen MR) is 102 cm³/mol. The lowest BCUT2D eigenvalue weighted by Crippen LogP contribution is -2.22. The molecule has 0 fully saturated rings. The molecule has 0 atom stereocenters. The number of fused-ring (bicyclic) bond motifs is 1. The molecule has 1 aromatic heterocycles. The number of aromatic nitrogens is 1. The molecule has 2 amide bonds. The van der Waals surface area contributed by atoms with Crippen LogP contribution in [0.2, 0.25) is 0 Å². The van der Waals surface area contributed by atoms with Crippen molar-refractivity contribution < 1.29 is 27.9 Å². The van der Waals surface area contributed by atoms with Gasteiger partial charge in [0.1, 0.15) is 23.7 Å². The highest BCUT2D eigenvalue weighted by atomic mass is 32.1. The van der Waals surface area contributed by atoms with E-state index in [1.807, 2.05) is 0 Å². The van der Waals surface area contributed by atoms with Gasteiger partial charge >= 0.3 is 5.97 Å². The van der Waals surface area contributed by atoms with Crippen molar-refractivity contribution in [2.45, 2.75) is 13.5 Å². The van der Waals surface area contributed by atoms with Gasteiger partial charge in [-0.1, -0.05) is 17.4 Å². The van der Waals surface area contributed by atoms with Crippen molar-refractivity contribution in [2.75, 3.05) is 12.4 Å². The maximum absolute atomic E-state index is 13.9. The van der Waals surface area contributed by atoms with Crippen molar-refractivity contribution in [1.82, 2.24) is 4.57 Å². The van der Waals surface area contributed by atoms with Gasteiger partial charge in [-0.3, -0.25) is 14.4 Å². The Balaban J connectivity index is 2.17. The molecule has 0 bridgehead atoms. The zero-order chi connectivity index (χ0) is 21.1. The van der Waals surface area contributed by atoms with Crippen LogP contribution in [0.25, 0.3) is 10.2 Å². The van der Waals surface area contributed by atoms with E-state index in [9.17, 15) is 23.2 Å². The zero-order valence-electron chi connectivity index (χ0n) is 15.4. The zero-order valence-corrected chi connectivity index (χ0v) is 16.2. The molecule has 29 heavy (non-hydrogen) atoms. The monoisotopic (exact) mass is 419 g/mol. The summed E-state index contributed by atoms with van der Waals surface area (Å²) in [6, 6.07) is 7.95. The van der Waals surface area contributed by atoms with E-state index in [4.69, 9.17) is 0 Å². The van der Waals surface area contributed by atoms with Gasteiger partial charge in [-0.25, -0.2) is 8.78 Å². The summed E-state index contributed by atoms with van der Waals surface area (Å²) in [6.45, 7) is 1.10. The average molecular weight is 419 g/mol. The summed E-state index contributed by atoms with van der Waals surface area (Å²) in [4.78, 5) is 39.4. The quantitative estimate of drug-likeness (QED) is 0.659. The smallest absolute Gasteiger partial charge is 0.325 e. The minimum Gasteiger partial charge on any atom is -0.468 e. The fourth-order valence-electron chi connectivity index (χ4n) is 2.63. The molecule has 0 saturated carbocycles. The van der Waals surface area contributed by atoms with Crippen LogP contribution in [0.5, 0.6) is 0 Å². The number of rotatable bonds is 4. The van der Waals surface area contributed by atoms with Crippen LogP contribution in [0.4, 0.5) is 14.5 Å². The lowest BCUT2D eigenvalue weighted by atomic mass is 10.2. The first-order chi connectivity index (χ1) is 13.8. The van der Waals surface area contributed by atoms with E-state index < -0.39 is 29.1 Å². The van der Waals surface area contributed by atoms with E-state index in [0.29, 0.717) is 15.9 Å². The molecule has 7 nitrogen and oxygen atoms in total. The summed E-state index contributed by atoms with van der Waals surface area (Å²) in [6.07, 6.45) is 0. The van der Waals surface area contributed by atoms with Gasteiger partial charge in [-0.15, -0.1) is 0 Å². The van der Waals surface area contributed by atoms with Crippen LogP contribution in [-0.4, -0.2) is 29.5 Å². The van der Waals surface area contributed by atoms with Crippen molar-refractivity contribution >= 4 is 45.0 Å². The van der Waals surface area contributed by atoms with Crippen LogP contribution in [0, 0.1) is 11.6 Å². The standard InChI is InChI=1S/C19H15F2N3O4S/c1-10(25)22-11-6-7-14-15(8-11)29-19(24(14)9-16(26)28-2)23-18(27)17-12(20)4-3-5-13(17)21/h3-8H,9H2,1-2H3,(H,22,25). The summed E-state index contributed by atoms with van der Waals surface area (Å²) < 4.78 is 34.5. The van der Waals surface area contributed by atoms with E-state index in [2.05, 4.69) is 15.0 Å². The van der Waals surface area contributed by atoms with Gasteiger partial charge in [0.2, 0.25) is 5.91 Å². The molecule has 0 aliphatic carbocycles. The maximum Gasteiger partial charge on any atom is 0.325 e. The topological polar surface area (TPSA) is 89.8 Å². The number of benzene rings is 2. The molecular weight excluding hydrogens is 404 g/mol. The molecule has 2 aromatic carbocycles. The number of halogens is 2. The molecule has 0 spiro atoms. The Morgan fingerprint density at radius 3 is 2.48 bits per heavy atom. The van der Waals surface area contributed by atoms with E-state index in [1.54, 1.807) is 18.2 Å². The lowest BCUT2D eigenvalue weighted by molar-refractivity contribution is -0.141. The van der Waals surface area contributed by atoms with Crippen LogP contribution in [0.1, 0.15) is 17.3 Å². The molecule has 0 unspecified atom stereocenters. The van der Waals surface area contributed by atoms with Crippen LogP contribution < -0.4 is 10.1 Å². The third kappa shape index (κ3) is 4.37. The minimum atomic E-state index is -1.12. The first-order valence-corrected chi connectivity index (χ1v) is 9.12. The largest absolute Gasteiger partial charge is 0.468 e. The van der Waals surface area contributed by atoms with Crippen molar-refractivity contribution in [3.8, 4) is 0 Å². The summed E-state index contributed by atoms with van der Waals surface area (Å²) in [5.41, 5.74) is 0.262. The number of carbonyl (C=O) groups excluding carboxylic acids is 3. The van der Waals surface area contributed by atoms with Gasteiger partial charge in [-0.05, 0) is 30.3 Å². The number of ether oxygens (including phenoxy) is 1. The number of carbonyl (C=O) groups is 3. The molecule has 10 heteroatoms. The minimum absolute atomic E-state index is 0.0537. The Morgan fingerprint density at radius 1 is 1.17 bits per heavy atom. The molecule has 0 saturated heterocycles. The number of thiazole rings is 1. The average Bonchev–Trinajstić information content (AvgIpc) is 2.97. The molecule has 3 rings (SSSR count). The van der Waals surface area contributed by atoms with Crippen LogP contribution in [0.3, 0.4) is 0 Å². The highest BCUT2D eigenvalue weighted by molar-refractivity contribution is 7.16. The van der Waals surface area contributed by atoms with Gasteiger partial charge in [0.15, 0.2) is 4.80 Å². The number of hydrogen-bond donors (Lipinski definition) is 1. The number of hydrogen-bond acceptors (Lipinski definition) is 5. The molecular formula is C19H15F2N3O4S. The second kappa shape index (κ2) is 8.31. The van der Waals surface area contributed by atoms with Crippen LogP contribution >= 0.6 is 11.3 Å². The Bertz CT molecular complexity index is 1180. The molecule has 1 N–H and O–H groups in total. The van der Waals surface area contributed by atoms with Crippen LogP contribution in [0.15, 0.2) is 41.4 Å². The Hall–Kier alpha value is -3.40. The van der Waals surface area contributed by atoms with Gasteiger partial charge in [0.05, 0.1) is 17.3 Å².